The standard InChI is InChI=1S/C5H11N5/c1-10-3-5(8-9-10)4(7)2-6/h3-4H,2,6-7H2,1H3. The predicted molar refractivity (Wildman–Crippen MR) is 37.0 cm³/mol. The number of aryl methyl sites for hydroxylation is 1. The van der Waals surface area contributed by atoms with Crippen LogP contribution in [0.2, 0.25) is 0 Å². The second kappa shape index (κ2) is 2.76. The third-order valence-corrected chi connectivity index (χ3v) is 1.25. The van der Waals surface area contributed by atoms with Gasteiger partial charge in [0, 0.05) is 19.8 Å². The lowest BCUT2D eigenvalue weighted by Gasteiger charge is -2.00. The molecule has 1 unspecified atom stereocenters. The number of nitrogens with zero attached hydrogens (tertiary/aromatic N) is 3. The van der Waals surface area contributed by atoms with E-state index in [9.17, 15) is 0 Å². The molecule has 0 fully saturated rings. The summed E-state index contributed by atoms with van der Waals surface area (Å²) in [7, 11) is 1.79. The van der Waals surface area contributed by atoms with E-state index in [4.69, 9.17) is 11.5 Å². The fraction of sp³-hybridized carbons (Fsp3) is 0.600. The Morgan fingerprint density at radius 3 is 2.90 bits per heavy atom. The summed E-state index contributed by atoms with van der Waals surface area (Å²) in [5, 5.41) is 7.51. The molecule has 0 bridgehead atoms. The molecular weight excluding hydrogens is 130 g/mol. The quantitative estimate of drug-likeness (QED) is 0.540. The van der Waals surface area contributed by atoms with Crippen LogP contribution in [0.15, 0.2) is 6.20 Å². The molecule has 5 heteroatoms. The smallest absolute Gasteiger partial charge is 0.101 e. The number of hydrogen-bond acceptors (Lipinski definition) is 4. The lowest BCUT2D eigenvalue weighted by molar-refractivity contribution is 0.692. The Kier molecular flexibility index (Phi) is 1.98. The van der Waals surface area contributed by atoms with Crippen molar-refractivity contribution < 1.29 is 0 Å². The molecule has 0 radical (unpaired) electrons. The zero-order valence-corrected chi connectivity index (χ0v) is 5.86. The third kappa shape index (κ3) is 1.31. The summed E-state index contributed by atoms with van der Waals surface area (Å²) < 4.78 is 1.60. The highest BCUT2D eigenvalue weighted by molar-refractivity contribution is 4.99. The Bertz CT molecular complexity index is 206. The fourth-order valence-corrected chi connectivity index (χ4v) is 0.656. The van der Waals surface area contributed by atoms with Crippen LogP contribution >= 0.6 is 0 Å². The summed E-state index contributed by atoms with van der Waals surface area (Å²) in [6.07, 6.45) is 1.76. The van der Waals surface area contributed by atoms with Gasteiger partial charge >= 0.3 is 0 Å². The maximum atomic E-state index is 5.57. The molecule has 0 spiro atoms. The lowest BCUT2D eigenvalue weighted by atomic mass is 10.2. The molecule has 1 atom stereocenters. The van der Waals surface area contributed by atoms with E-state index in [0.29, 0.717) is 6.54 Å². The average molecular weight is 141 g/mol. The molecule has 5 nitrogen and oxygen atoms in total. The van der Waals surface area contributed by atoms with Crippen LogP contribution in [0.5, 0.6) is 0 Å². The fourth-order valence-electron chi connectivity index (χ4n) is 0.656. The highest BCUT2D eigenvalue weighted by Crippen LogP contribution is 2.01. The van der Waals surface area contributed by atoms with Crippen molar-refractivity contribution in [2.45, 2.75) is 6.04 Å². The van der Waals surface area contributed by atoms with E-state index < -0.39 is 0 Å². The molecule has 1 aromatic heterocycles. The Balaban J connectivity index is 2.74. The van der Waals surface area contributed by atoms with Gasteiger partial charge in [0.15, 0.2) is 0 Å². The van der Waals surface area contributed by atoms with Gasteiger partial charge in [-0.2, -0.15) is 0 Å². The molecule has 0 aliphatic rings. The van der Waals surface area contributed by atoms with E-state index >= 15 is 0 Å². The van der Waals surface area contributed by atoms with Crippen molar-refractivity contribution in [1.29, 1.82) is 0 Å². The maximum absolute atomic E-state index is 5.57. The Labute approximate surface area is 59.0 Å². The Hall–Kier alpha value is -0.940. The van der Waals surface area contributed by atoms with Gasteiger partial charge in [-0.05, 0) is 0 Å². The van der Waals surface area contributed by atoms with Crippen molar-refractivity contribution in [1.82, 2.24) is 15.0 Å². The molecule has 1 rings (SSSR count). The van der Waals surface area contributed by atoms with Crippen molar-refractivity contribution in [3.05, 3.63) is 11.9 Å². The van der Waals surface area contributed by atoms with Gasteiger partial charge in [0.25, 0.3) is 0 Å². The summed E-state index contributed by atoms with van der Waals surface area (Å²) in [6.45, 7) is 0.401. The summed E-state index contributed by atoms with van der Waals surface area (Å²) in [5.41, 5.74) is 11.6. The van der Waals surface area contributed by atoms with Gasteiger partial charge in [0.1, 0.15) is 5.69 Å². The second-order valence-corrected chi connectivity index (χ2v) is 2.16. The molecule has 0 saturated carbocycles. The minimum absolute atomic E-state index is 0.186. The largest absolute Gasteiger partial charge is 0.329 e. The van der Waals surface area contributed by atoms with E-state index in [1.807, 2.05) is 0 Å². The molecular formula is C5H11N5. The maximum Gasteiger partial charge on any atom is 0.101 e. The molecule has 0 aliphatic carbocycles. The molecule has 1 aromatic rings. The van der Waals surface area contributed by atoms with Crippen molar-refractivity contribution in [3.63, 3.8) is 0 Å². The van der Waals surface area contributed by atoms with Gasteiger partial charge in [-0.1, -0.05) is 5.21 Å². The first kappa shape index (κ1) is 7.17. The minimum atomic E-state index is -0.186. The highest BCUT2D eigenvalue weighted by Gasteiger charge is 2.05. The van der Waals surface area contributed by atoms with Gasteiger partial charge < -0.3 is 11.5 Å². The average Bonchev–Trinajstić information content (AvgIpc) is 2.34. The van der Waals surface area contributed by atoms with Crippen molar-refractivity contribution in [2.24, 2.45) is 18.5 Å². The zero-order valence-electron chi connectivity index (χ0n) is 5.86. The molecule has 0 amide bonds. The van der Waals surface area contributed by atoms with Crippen LogP contribution < -0.4 is 11.5 Å². The van der Waals surface area contributed by atoms with Crippen molar-refractivity contribution in [2.75, 3.05) is 6.54 Å². The summed E-state index contributed by atoms with van der Waals surface area (Å²) in [4.78, 5) is 0. The van der Waals surface area contributed by atoms with Crippen LogP contribution in [-0.4, -0.2) is 21.5 Å². The van der Waals surface area contributed by atoms with Gasteiger partial charge in [-0.15, -0.1) is 5.10 Å². The van der Waals surface area contributed by atoms with Gasteiger partial charge in [-0.25, -0.2) is 0 Å². The van der Waals surface area contributed by atoms with E-state index in [-0.39, 0.29) is 6.04 Å². The number of aromatic nitrogens is 3. The van der Waals surface area contributed by atoms with Crippen LogP contribution in [0.25, 0.3) is 0 Å². The molecule has 0 aromatic carbocycles. The topological polar surface area (TPSA) is 82.8 Å². The van der Waals surface area contributed by atoms with Gasteiger partial charge in [0.05, 0.1) is 6.04 Å². The normalized spacial score (nSPS) is 13.5. The molecule has 0 saturated heterocycles. The first-order valence-electron chi connectivity index (χ1n) is 3.06. The van der Waals surface area contributed by atoms with Crippen LogP contribution in [0.4, 0.5) is 0 Å². The van der Waals surface area contributed by atoms with E-state index in [0.717, 1.165) is 5.69 Å². The molecule has 1 heterocycles. The number of hydrogen-bond donors (Lipinski definition) is 2. The van der Waals surface area contributed by atoms with E-state index in [1.54, 1.807) is 17.9 Å². The van der Waals surface area contributed by atoms with Crippen LogP contribution in [0.1, 0.15) is 11.7 Å². The van der Waals surface area contributed by atoms with E-state index in [2.05, 4.69) is 10.3 Å². The number of nitrogens with two attached hydrogens (primary N) is 2. The Morgan fingerprint density at radius 1 is 1.80 bits per heavy atom. The van der Waals surface area contributed by atoms with Crippen molar-refractivity contribution in [3.8, 4) is 0 Å². The second-order valence-electron chi connectivity index (χ2n) is 2.16. The van der Waals surface area contributed by atoms with Crippen LogP contribution in [0, 0.1) is 0 Å². The summed E-state index contributed by atoms with van der Waals surface area (Å²) in [6, 6.07) is -0.186. The molecule has 10 heavy (non-hydrogen) atoms. The van der Waals surface area contributed by atoms with Gasteiger partial charge in [0.2, 0.25) is 0 Å². The first-order chi connectivity index (χ1) is 4.74. The van der Waals surface area contributed by atoms with Gasteiger partial charge in [-0.3, -0.25) is 4.68 Å². The monoisotopic (exact) mass is 141 g/mol. The van der Waals surface area contributed by atoms with Crippen LogP contribution in [-0.2, 0) is 7.05 Å². The zero-order chi connectivity index (χ0) is 7.56. The molecule has 0 aliphatic heterocycles. The van der Waals surface area contributed by atoms with E-state index in [1.165, 1.54) is 0 Å². The minimum Gasteiger partial charge on any atom is -0.329 e. The van der Waals surface area contributed by atoms with Crippen molar-refractivity contribution >= 4 is 0 Å². The summed E-state index contributed by atoms with van der Waals surface area (Å²) >= 11 is 0. The lowest BCUT2D eigenvalue weighted by Crippen LogP contribution is -2.21. The predicted octanol–water partition coefficient (Wildman–Crippen LogP) is -1.23. The third-order valence-electron chi connectivity index (χ3n) is 1.25. The first-order valence-corrected chi connectivity index (χ1v) is 3.06. The highest BCUT2D eigenvalue weighted by atomic mass is 15.4. The number of rotatable bonds is 2. The molecule has 4 N–H and O–H groups in total. The SMILES string of the molecule is Cn1cc(C(N)CN)nn1. The van der Waals surface area contributed by atoms with Crippen LogP contribution in [0.3, 0.4) is 0 Å². The molecule has 56 valence electrons. The summed E-state index contributed by atoms with van der Waals surface area (Å²) in [5.74, 6) is 0. The Morgan fingerprint density at radius 2 is 2.50 bits per heavy atom.